The van der Waals surface area contributed by atoms with Gasteiger partial charge in [0.1, 0.15) is 0 Å². The monoisotopic (exact) mass is 318 g/mol. The predicted octanol–water partition coefficient (Wildman–Crippen LogP) is 3.01. The SMILES string of the molecule is CC(=O)Nc1ccc2c(c1)/C(=C\c1ccc3cn[nH]c3c1)C(=O)N2. The Morgan fingerprint density at radius 1 is 1.21 bits per heavy atom. The van der Waals surface area contributed by atoms with Gasteiger partial charge in [-0.05, 0) is 35.9 Å². The van der Waals surface area contributed by atoms with Crippen LogP contribution in [-0.4, -0.2) is 22.0 Å². The van der Waals surface area contributed by atoms with Crippen molar-refractivity contribution in [3.05, 3.63) is 53.7 Å². The van der Waals surface area contributed by atoms with Gasteiger partial charge in [0.15, 0.2) is 0 Å². The minimum Gasteiger partial charge on any atom is -0.326 e. The largest absolute Gasteiger partial charge is 0.326 e. The van der Waals surface area contributed by atoms with Crippen molar-refractivity contribution in [2.24, 2.45) is 0 Å². The molecule has 4 rings (SSSR count). The number of amides is 2. The molecule has 3 N–H and O–H groups in total. The van der Waals surface area contributed by atoms with Gasteiger partial charge in [-0.2, -0.15) is 5.10 Å². The zero-order valence-corrected chi connectivity index (χ0v) is 12.9. The number of nitrogens with one attached hydrogen (secondary N) is 3. The van der Waals surface area contributed by atoms with Crippen molar-refractivity contribution < 1.29 is 9.59 Å². The van der Waals surface area contributed by atoms with E-state index < -0.39 is 0 Å². The highest BCUT2D eigenvalue weighted by atomic mass is 16.2. The molecular weight excluding hydrogens is 304 g/mol. The lowest BCUT2D eigenvalue weighted by Crippen LogP contribution is -2.05. The molecule has 0 fully saturated rings. The highest BCUT2D eigenvalue weighted by molar-refractivity contribution is 6.35. The number of hydrogen-bond donors (Lipinski definition) is 3. The zero-order valence-electron chi connectivity index (χ0n) is 12.9. The van der Waals surface area contributed by atoms with E-state index in [1.165, 1.54) is 6.92 Å². The minimum atomic E-state index is -0.158. The number of carbonyl (C=O) groups excluding carboxylic acids is 2. The summed E-state index contributed by atoms with van der Waals surface area (Å²) in [4.78, 5) is 23.5. The van der Waals surface area contributed by atoms with Crippen LogP contribution >= 0.6 is 0 Å². The molecule has 0 aliphatic carbocycles. The van der Waals surface area contributed by atoms with Crippen LogP contribution in [0.15, 0.2) is 42.6 Å². The van der Waals surface area contributed by atoms with Crippen LogP contribution in [0.1, 0.15) is 18.1 Å². The van der Waals surface area contributed by atoms with Crippen molar-refractivity contribution in [3.8, 4) is 0 Å². The smallest absolute Gasteiger partial charge is 0.256 e. The topological polar surface area (TPSA) is 86.9 Å². The summed E-state index contributed by atoms with van der Waals surface area (Å²) in [5.74, 6) is -0.308. The fourth-order valence-electron chi connectivity index (χ4n) is 2.82. The van der Waals surface area contributed by atoms with Gasteiger partial charge in [0.25, 0.3) is 5.91 Å². The number of hydrogen-bond acceptors (Lipinski definition) is 3. The third kappa shape index (κ3) is 2.44. The van der Waals surface area contributed by atoms with E-state index in [9.17, 15) is 9.59 Å². The molecule has 6 nitrogen and oxygen atoms in total. The molecule has 2 aromatic carbocycles. The molecule has 1 aliphatic heterocycles. The molecule has 1 aromatic heterocycles. The van der Waals surface area contributed by atoms with Gasteiger partial charge in [0.2, 0.25) is 5.91 Å². The van der Waals surface area contributed by atoms with Crippen LogP contribution in [0.5, 0.6) is 0 Å². The Kier molecular flexibility index (Phi) is 3.16. The van der Waals surface area contributed by atoms with Crippen LogP contribution in [0.3, 0.4) is 0 Å². The molecule has 2 amide bonds. The Hall–Kier alpha value is -3.41. The molecular formula is C18H14N4O2. The first-order valence-corrected chi connectivity index (χ1v) is 7.48. The van der Waals surface area contributed by atoms with Gasteiger partial charge >= 0.3 is 0 Å². The van der Waals surface area contributed by atoms with Crippen molar-refractivity contribution in [1.29, 1.82) is 0 Å². The molecule has 0 saturated heterocycles. The number of carbonyl (C=O) groups is 2. The highest BCUT2D eigenvalue weighted by Gasteiger charge is 2.24. The number of rotatable bonds is 2. The number of aromatic nitrogens is 2. The van der Waals surface area contributed by atoms with E-state index >= 15 is 0 Å². The van der Waals surface area contributed by atoms with Gasteiger partial charge in [0, 0.05) is 34.8 Å². The maximum atomic E-state index is 12.3. The maximum Gasteiger partial charge on any atom is 0.256 e. The van der Waals surface area contributed by atoms with Crippen molar-refractivity contribution in [2.75, 3.05) is 10.6 Å². The highest BCUT2D eigenvalue weighted by Crippen LogP contribution is 2.35. The first-order chi connectivity index (χ1) is 11.6. The fourth-order valence-corrected chi connectivity index (χ4v) is 2.82. The minimum absolute atomic E-state index is 0.151. The van der Waals surface area contributed by atoms with Gasteiger partial charge in [-0.3, -0.25) is 14.7 Å². The van der Waals surface area contributed by atoms with Crippen molar-refractivity contribution in [1.82, 2.24) is 10.2 Å². The van der Waals surface area contributed by atoms with Crippen molar-refractivity contribution >= 4 is 45.7 Å². The summed E-state index contributed by atoms with van der Waals surface area (Å²) in [6, 6.07) is 11.2. The van der Waals surface area contributed by atoms with Gasteiger partial charge in [-0.1, -0.05) is 12.1 Å². The normalized spacial score (nSPS) is 14.7. The van der Waals surface area contributed by atoms with E-state index in [-0.39, 0.29) is 11.8 Å². The lowest BCUT2D eigenvalue weighted by molar-refractivity contribution is -0.114. The molecule has 0 saturated carbocycles. The molecule has 3 aromatic rings. The third-order valence-corrected chi connectivity index (χ3v) is 3.90. The Labute approximate surface area is 137 Å². The van der Waals surface area contributed by atoms with E-state index in [0.717, 1.165) is 27.7 Å². The van der Waals surface area contributed by atoms with E-state index in [1.54, 1.807) is 24.4 Å². The van der Waals surface area contributed by atoms with Crippen LogP contribution < -0.4 is 10.6 Å². The number of aromatic amines is 1. The van der Waals surface area contributed by atoms with Crippen molar-refractivity contribution in [2.45, 2.75) is 6.92 Å². The first-order valence-electron chi connectivity index (χ1n) is 7.48. The van der Waals surface area contributed by atoms with Crippen LogP contribution in [0.2, 0.25) is 0 Å². The number of benzene rings is 2. The quantitative estimate of drug-likeness (QED) is 0.635. The lowest BCUT2D eigenvalue weighted by atomic mass is 10.0. The summed E-state index contributed by atoms with van der Waals surface area (Å²) < 4.78 is 0. The van der Waals surface area contributed by atoms with Gasteiger partial charge in [0.05, 0.1) is 11.7 Å². The van der Waals surface area contributed by atoms with Crippen LogP contribution in [0.25, 0.3) is 22.6 Å². The lowest BCUT2D eigenvalue weighted by Gasteiger charge is -2.05. The number of H-pyrrole nitrogens is 1. The second-order valence-corrected chi connectivity index (χ2v) is 5.67. The van der Waals surface area contributed by atoms with E-state index in [0.29, 0.717) is 11.3 Å². The van der Waals surface area contributed by atoms with Crippen LogP contribution in [-0.2, 0) is 9.59 Å². The third-order valence-electron chi connectivity index (χ3n) is 3.90. The number of fused-ring (bicyclic) bond motifs is 2. The average Bonchev–Trinajstić information content (AvgIpc) is 3.12. The standard InChI is InChI=1S/C18H14N4O2/c1-10(23)20-13-4-5-16-14(8-13)15(18(24)21-16)6-11-2-3-12-9-19-22-17(12)7-11/h2-9H,1H3,(H,19,22)(H,20,23)(H,21,24)/b15-6+. The molecule has 0 bridgehead atoms. The molecule has 6 heteroatoms. The Morgan fingerprint density at radius 3 is 2.92 bits per heavy atom. The molecule has 2 heterocycles. The fraction of sp³-hybridized carbons (Fsp3) is 0.0556. The second-order valence-electron chi connectivity index (χ2n) is 5.67. The molecule has 24 heavy (non-hydrogen) atoms. The number of nitrogens with zero attached hydrogens (tertiary/aromatic N) is 1. The van der Waals surface area contributed by atoms with Gasteiger partial charge in [-0.15, -0.1) is 0 Å². The van der Waals surface area contributed by atoms with E-state index in [4.69, 9.17) is 0 Å². The summed E-state index contributed by atoms with van der Waals surface area (Å²) in [6.45, 7) is 1.45. The molecule has 118 valence electrons. The summed E-state index contributed by atoms with van der Waals surface area (Å²) in [6.07, 6.45) is 3.59. The number of anilines is 2. The average molecular weight is 318 g/mol. The Balaban J connectivity index is 1.78. The predicted molar refractivity (Wildman–Crippen MR) is 93.3 cm³/mol. The molecule has 0 radical (unpaired) electrons. The zero-order chi connectivity index (χ0) is 16.7. The molecule has 1 aliphatic rings. The molecule has 0 atom stereocenters. The molecule has 0 unspecified atom stereocenters. The summed E-state index contributed by atoms with van der Waals surface area (Å²) in [7, 11) is 0. The Morgan fingerprint density at radius 2 is 2.08 bits per heavy atom. The summed E-state index contributed by atoms with van der Waals surface area (Å²) >= 11 is 0. The summed E-state index contributed by atoms with van der Waals surface area (Å²) in [5.41, 5.74) is 4.55. The second kappa shape index (κ2) is 5.34. The van der Waals surface area contributed by atoms with Crippen LogP contribution in [0.4, 0.5) is 11.4 Å². The molecule has 0 spiro atoms. The van der Waals surface area contributed by atoms with Gasteiger partial charge < -0.3 is 10.6 Å². The summed E-state index contributed by atoms with van der Waals surface area (Å²) in [5, 5.41) is 13.5. The van der Waals surface area contributed by atoms with Crippen molar-refractivity contribution in [3.63, 3.8) is 0 Å². The first kappa shape index (κ1) is 14.2. The van der Waals surface area contributed by atoms with Crippen LogP contribution in [0, 0.1) is 0 Å². The van der Waals surface area contributed by atoms with E-state index in [1.807, 2.05) is 24.3 Å². The maximum absolute atomic E-state index is 12.3. The van der Waals surface area contributed by atoms with E-state index in [2.05, 4.69) is 20.8 Å². The van der Waals surface area contributed by atoms with Gasteiger partial charge in [-0.25, -0.2) is 0 Å². The Bertz CT molecular complexity index is 1020.